The number of hydrogen-bond acceptors (Lipinski definition) is 5. The second-order valence-corrected chi connectivity index (χ2v) is 5.15. The fraction of sp³-hybridized carbons (Fsp3) is 0.538. The summed E-state index contributed by atoms with van der Waals surface area (Å²) >= 11 is 0. The molecule has 102 valence electrons. The molecule has 0 aliphatic rings. The van der Waals surface area contributed by atoms with E-state index in [1.54, 1.807) is 18.7 Å². The number of aromatic nitrogens is 5. The number of hydrogen-bond donors (Lipinski definition) is 1. The first kappa shape index (κ1) is 13.6. The van der Waals surface area contributed by atoms with Crippen molar-refractivity contribution in [2.45, 2.75) is 39.8 Å². The fourth-order valence-electron chi connectivity index (χ4n) is 1.84. The average Bonchev–Trinajstić information content (AvgIpc) is 2.76. The Hall–Kier alpha value is -1.82. The molecule has 0 amide bonds. The first-order valence-corrected chi connectivity index (χ1v) is 6.47. The molecule has 0 spiro atoms. The molecule has 0 aromatic carbocycles. The molecule has 0 fully saturated rings. The summed E-state index contributed by atoms with van der Waals surface area (Å²) in [5, 5.41) is 4.23. The van der Waals surface area contributed by atoms with Crippen molar-refractivity contribution in [3.05, 3.63) is 35.9 Å². The van der Waals surface area contributed by atoms with Gasteiger partial charge in [0, 0.05) is 19.2 Å². The van der Waals surface area contributed by atoms with Crippen LogP contribution >= 0.6 is 0 Å². The summed E-state index contributed by atoms with van der Waals surface area (Å²) in [5.41, 5.74) is 7.82. The maximum absolute atomic E-state index is 6.15. The molecule has 2 aromatic heterocycles. The van der Waals surface area contributed by atoms with Gasteiger partial charge < -0.3 is 5.73 Å². The Morgan fingerprint density at radius 1 is 1.21 bits per heavy atom. The normalized spacial score (nSPS) is 12.9. The van der Waals surface area contributed by atoms with Gasteiger partial charge in [0.15, 0.2) is 0 Å². The quantitative estimate of drug-likeness (QED) is 0.875. The third-order valence-corrected chi connectivity index (χ3v) is 2.82. The van der Waals surface area contributed by atoms with E-state index in [4.69, 9.17) is 5.73 Å². The second kappa shape index (κ2) is 5.88. The van der Waals surface area contributed by atoms with Gasteiger partial charge in [-0.1, -0.05) is 13.8 Å². The van der Waals surface area contributed by atoms with E-state index in [1.165, 1.54) is 0 Å². The van der Waals surface area contributed by atoms with Gasteiger partial charge in [-0.2, -0.15) is 5.10 Å². The van der Waals surface area contributed by atoms with Crippen LogP contribution in [0.2, 0.25) is 0 Å². The van der Waals surface area contributed by atoms with Crippen LogP contribution in [0.5, 0.6) is 0 Å². The van der Waals surface area contributed by atoms with E-state index >= 15 is 0 Å². The van der Waals surface area contributed by atoms with Gasteiger partial charge in [-0.15, -0.1) is 0 Å². The standard InChI is InChI=1S/C13H20N6/c1-9(2)7-19-13(17-8-18-19)4-11(14)12-6-15-10(3)5-16-12/h5-6,8-9,11H,4,7,14H2,1-3H3. The molecule has 0 aliphatic heterocycles. The summed E-state index contributed by atoms with van der Waals surface area (Å²) < 4.78 is 1.91. The van der Waals surface area contributed by atoms with Crippen molar-refractivity contribution >= 4 is 0 Å². The highest BCUT2D eigenvalue weighted by molar-refractivity contribution is 5.07. The zero-order valence-electron chi connectivity index (χ0n) is 11.6. The van der Waals surface area contributed by atoms with Gasteiger partial charge in [0.2, 0.25) is 0 Å². The average molecular weight is 260 g/mol. The Kier molecular flexibility index (Phi) is 4.21. The Morgan fingerprint density at radius 3 is 2.63 bits per heavy atom. The summed E-state index contributed by atoms with van der Waals surface area (Å²) in [7, 11) is 0. The third kappa shape index (κ3) is 3.57. The van der Waals surface area contributed by atoms with Gasteiger partial charge in [0.1, 0.15) is 12.2 Å². The second-order valence-electron chi connectivity index (χ2n) is 5.15. The fourth-order valence-corrected chi connectivity index (χ4v) is 1.84. The van der Waals surface area contributed by atoms with Crippen molar-refractivity contribution in [2.75, 3.05) is 0 Å². The monoisotopic (exact) mass is 260 g/mol. The van der Waals surface area contributed by atoms with Crippen LogP contribution in [0.3, 0.4) is 0 Å². The number of aryl methyl sites for hydroxylation is 1. The Balaban J connectivity index is 2.08. The van der Waals surface area contributed by atoms with Crippen molar-refractivity contribution in [2.24, 2.45) is 11.7 Å². The van der Waals surface area contributed by atoms with Gasteiger partial charge in [-0.3, -0.25) is 9.97 Å². The lowest BCUT2D eigenvalue weighted by Gasteiger charge is -2.12. The smallest absolute Gasteiger partial charge is 0.138 e. The van der Waals surface area contributed by atoms with Crippen LogP contribution in [0.15, 0.2) is 18.7 Å². The number of nitrogens with zero attached hydrogens (tertiary/aromatic N) is 5. The minimum Gasteiger partial charge on any atom is -0.322 e. The highest BCUT2D eigenvalue weighted by atomic mass is 15.3. The molecular weight excluding hydrogens is 240 g/mol. The molecule has 0 saturated heterocycles. The van der Waals surface area contributed by atoms with Crippen LogP contribution in [0, 0.1) is 12.8 Å². The molecule has 2 N–H and O–H groups in total. The Morgan fingerprint density at radius 2 is 2.00 bits per heavy atom. The summed E-state index contributed by atoms with van der Waals surface area (Å²) in [5.74, 6) is 1.42. The lowest BCUT2D eigenvalue weighted by Crippen LogP contribution is -2.19. The Labute approximate surface area is 113 Å². The van der Waals surface area contributed by atoms with Crippen LogP contribution in [-0.4, -0.2) is 24.7 Å². The van der Waals surface area contributed by atoms with E-state index in [0.717, 1.165) is 23.8 Å². The summed E-state index contributed by atoms with van der Waals surface area (Å²) in [4.78, 5) is 12.8. The molecule has 19 heavy (non-hydrogen) atoms. The molecule has 0 saturated carbocycles. The lowest BCUT2D eigenvalue weighted by atomic mass is 10.1. The molecule has 1 atom stereocenters. The summed E-state index contributed by atoms with van der Waals surface area (Å²) in [6.07, 6.45) is 5.65. The van der Waals surface area contributed by atoms with Gasteiger partial charge in [-0.05, 0) is 12.8 Å². The van der Waals surface area contributed by atoms with E-state index in [2.05, 4.69) is 33.9 Å². The molecule has 2 heterocycles. The lowest BCUT2D eigenvalue weighted by molar-refractivity contribution is 0.458. The zero-order chi connectivity index (χ0) is 13.8. The molecule has 2 rings (SSSR count). The van der Waals surface area contributed by atoms with Crippen LogP contribution in [-0.2, 0) is 13.0 Å². The predicted molar refractivity (Wildman–Crippen MR) is 72.3 cm³/mol. The van der Waals surface area contributed by atoms with Crippen LogP contribution in [0.1, 0.15) is 37.1 Å². The number of rotatable bonds is 5. The van der Waals surface area contributed by atoms with Gasteiger partial charge in [-0.25, -0.2) is 9.67 Å². The topological polar surface area (TPSA) is 82.5 Å². The maximum atomic E-state index is 6.15. The van der Waals surface area contributed by atoms with E-state index in [0.29, 0.717) is 12.3 Å². The third-order valence-electron chi connectivity index (χ3n) is 2.82. The first-order chi connectivity index (χ1) is 9.06. The molecular formula is C13H20N6. The van der Waals surface area contributed by atoms with Crippen LogP contribution < -0.4 is 5.73 Å². The van der Waals surface area contributed by atoms with Crippen LogP contribution in [0.4, 0.5) is 0 Å². The number of nitrogens with two attached hydrogens (primary N) is 1. The first-order valence-electron chi connectivity index (χ1n) is 6.47. The zero-order valence-corrected chi connectivity index (χ0v) is 11.6. The minimum absolute atomic E-state index is 0.205. The van der Waals surface area contributed by atoms with E-state index in [-0.39, 0.29) is 6.04 Å². The maximum Gasteiger partial charge on any atom is 0.138 e. The van der Waals surface area contributed by atoms with Gasteiger partial charge >= 0.3 is 0 Å². The van der Waals surface area contributed by atoms with Crippen molar-refractivity contribution in [1.82, 2.24) is 24.7 Å². The largest absolute Gasteiger partial charge is 0.322 e. The molecule has 0 aliphatic carbocycles. The van der Waals surface area contributed by atoms with E-state index in [9.17, 15) is 0 Å². The van der Waals surface area contributed by atoms with Crippen molar-refractivity contribution in [3.63, 3.8) is 0 Å². The SMILES string of the molecule is Cc1cnc(C(N)Cc2ncnn2CC(C)C)cn1. The highest BCUT2D eigenvalue weighted by Gasteiger charge is 2.14. The van der Waals surface area contributed by atoms with E-state index < -0.39 is 0 Å². The Bertz CT molecular complexity index is 516. The molecule has 0 radical (unpaired) electrons. The van der Waals surface area contributed by atoms with Crippen molar-refractivity contribution < 1.29 is 0 Å². The van der Waals surface area contributed by atoms with Crippen LogP contribution in [0.25, 0.3) is 0 Å². The van der Waals surface area contributed by atoms with Crippen molar-refractivity contribution in [1.29, 1.82) is 0 Å². The minimum atomic E-state index is -0.205. The van der Waals surface area contributed by atoms with Gasteiger partial charge in [0.05, 0.1) is 23.6 Å². The van der Waals surface area contributed by atoms with E-state index in [1.807, 2.05) is 11.6 Å². The molecule has 6 heteroatoms. The molecule has 0 bridgehead atoms. The summed E-state index contributed by atoms with van der Waals surface area (Å²) in [6, 6.07) is -0.205. The molecule has 1 unspecified atom stereocenters. The molecule has 2 aromatic rings. The van der Waals surface area contributed by atoms with Gasteiger partial charge in [0.25, 0.3) is 0 Å². The predicted octanol–water partition coefficient (Wildman–Crippen LogP) is 1.28. The highest BCUT2D eigenvalue weighted by Crippen LogP contribution is 2.12. The van der Waals surface area contributed by atoms with Crippen molar-refractivity contribution in [3.8, 4) is 0 Å². The summed E-state index contributed by atoms with van der Waals surface area (Å²) in [6.45, 7) is 7.05. The molecule has 6 nitrogen and oxygen atoms in total.